The van der Waals surface area contributed by atoms with Crippen molar-refractivity contribution in [3.8, 4) is 0 Å². The second-order valence-electron chi connectivity index (χ2n) is 6.96. The summed E-state index contributed by atoms with van der Waals surface area (Å²) in [7, 11) is 0. The Balaban J connectivity index is 3.47. The predicted molar refractivity (Wildman–Crippen MR) is 82.7 cm³/mol. The number of aliphatic hydroxyl groups excluding tert-OH is 1. The summed E-state index contributed by atoms with van der Waals surface area (Å²) in [5, 5.41) is 10.6. The average Bonchev–Trinajstić information content (AvgIpc) is 2.54. The number of rotatable bonds is 3. The van der Waals surface area contributed by atoms with Crippen LogP contribution in [-0.2, 0) is 0 Å². The van der Waals surface area contributed by atoms with Crippen molar-refractivity contribution in [1.29, 1.82) is 0 Å². The van der Waals surface area contributed by atoms with Crippen molar-refractivity contribution in [3.05, 3.63) is 36.3 Å². The van der Waals surface area contributed by atoms with Gasteiger partial charge in [0.25, 0.3) is 0 Å². The Bertz CT molecular complexity index is 456. The molecule has 0 aromatic carbocycles. The second-order valence-corrected chi connectivity index (χ2v) is 6.96. The summed E-state index contributed by atoms with van der Waals surface area (Å²) in [5.41, 5.74) is 1.99. The zero-order valence-corrected chi connectivity index (χ0v) is 13.2. The van der Waals surface area contributed by atoms with Gasteiger partial charge >= 0.3 is 0 Å². The zero-order valence-electron chi connectivity index (χ0n) is 13.2. The van der Waals surface area contributed by atoms with E-state index >= 15 is 0 Å². The third-order valence-corrected chi connectivity index (χ3v) is 3.67. The minimum Gasteiger partial charge on any atom is -0.506 e. The molecule has 0 aromatic rings. The van der Waals surface area contributed by atoms with Crippen LogP contribution in [0.3, 0.4) is 0 Å². The van der Waals surface area contributed by atoms with Gasteiger partial charge in [-0.05, 0) is 0 Å². The number of nitrogens with zero attached hydrogens (tertiary/aromatic N) is 1. The number of allylic oxidation sites excluding steroid dienone is 4. The summed E-state index contributed by atoms with van der Waals surface area (Å²) >= 11 is 0. The predicted octanol–water partition coefficient (Wildman–Crippen LogP) is 4.59. The molecule has 0 bridgehead atoms. The standard InChI is InChI=1S/C17H27NO/c1-8-9-10-14(15(19)16(3,4)5)18-13(2)11-12-17(18,6)7/h8-10H,1,11-12H2,2-7H3/p+1/b10-9+,15-14-. The lowest BCUT2D eigenvalue weighted by atomic mass is 9.91. The number of hydrogen-bond acceptors (Lipinski definition) is 1. The van der Waals surface area contributed by atoms with E-state index < -0.39 is 0 Å². The Morgan fingerprint density at radius 1 is 1.37 bits per heavy atom. The molecule has 0 aliphatic carbocycles. The van der Waals surface area contributed by atoms with Crippen molar-refractivity contribution >= 4 is 5.71 Å². The summed E-state index contributed by atoms with van der Waals surface area (Å²) in [6.07, 6.45) is 7.79. The fraction of sp³-hybridized carbons (Fsp3) is 0.588. The molecule has 2 nitrogen and oxygen atoms in total. The van der Waals surface area contributed by atoms with Crippen LogP contribution in [0.4, 0.5) is 0 Å². The lowest BCUT2D eigenvalue weighted by Crippen LogP contribution is -2.34. The van der Waals surface area contributed by atoms with Crippen LogP contribution >= 0.6 is 0 Å². The smallest absolute Gasteiger partial charge is 0.243 e. The van der Waals surface area contributed by atoms with Crippen molar-refractivity contribution in [3.63, 3.8) is 0 Å². The van der Waals surface area contributed by atoms with E-state index in [1.54, 1.807) is 6.08 Å². The van der Waals surface area contributed by atoms with Crippen molar-refractivity contribution in [2.75, 3.05) is 0 Å². The van der Waals surface area contributed by atoms with Crippen LogP contribution in [0.5, 0.6) is 0 Å². The van der Waals surface area contributed by atoms with Crippen molar-refractivity contribution in [1.82, 2.24) is 0 Å². The van der Waals surface area contributed by atoms with E-state index in [1.165, 1.54) is 5.71 Å². The Labute approximate surface area is 117 Å². The molecule has 0 fully saturated rings. The van der Waals surface area contributed by atoms with Gasteiger partial charge in [-0.15, -0.1) is 0 Å². The lowest BCUT2D eigenvalue weighted by Gasteiger charge is -2.23. The van der Waals surface area contributed by atoms with Crippen LogP contribution in [0.15, 0.2) is 36.3 Å². The molecule has 0 amide bonds. The van der Waals surface area contributed by atoms with E-state index in [0.29, 0.717) is 5.76 Å². The normalized spacial score (nSPS) is 20.9. The first kappa shape index (κ1) is 15.7. The molecule has 1 aliphatic rings. The highest BCUT2D eigenvalue weighted by Gasteiger charge is 2.42. The highest BCUT2D eigenvalue weighted by atomic mass is 16.3. The molecule has 2 heteroatoms. The number of hydrogen-bond donors (Lipinski definition) is 1. The molecule has 0 aromatic heterocycles. The van der Waals surface area contributed by atoms with Crippen molar-refractivity contribution in [2.45, 2.75) is 59.9 Å². The summed E-state index contributed by atoms with van der Waals surface area (Å²) < 4.78 is 2.27. The van der Waals surface area contributed by atoms with Gasteiger partial charge in [-0.1, -0.05) is 39.5 Å². The fourth-order valence-corrected chi connectivity index (χ4v) is 2.56. The van der Waals surface area contributed by atoms with E-state index in [0.717, 1.165) is 18.5 Å². The highest BCUT2D eigenvalue weighted by Crippen LogP contribution is 2.33. The molecule has 19 heavy (non-hydrogen) atoms. The van der Waals surface area contributed by atoms with Gasteiger partial charge in [0.05, 0.1) is 0 Å². The molecule has 0 radical (unpaired) electrons. The van der Waals surface area contributed by atoms with Crippen LogP contribution in [-0.4, -0.2) is 20.9 Å². The minimum absolute atomic E-state index is 0.0458. The molecule has 1 rings (SSSR count). The fourth-order valence-electron chi connectivity index (χ4n) is 2.56. The Hall–Kier alpha value is -1.31. The molecule has 1 heterocycles. The van der Waals surface area contributed by atoms with E-state index in [-0.39, 0.29) is 11.0 Å². The highest BCUT2D eigenvalue weighted by molar-refractivity contribution is 5.79. The summed E-state index contributed by atoms with van der Waals surface area (Å²) in [4.78, 5) is 0. The topological polar surface area (TPSA) is 23.2 Å². The Morgan fingerprint density at radius 2 is 1.95 bits per heavy atom. The average molecular weight is 262 g/mol. The van der Waals surface area contributed by atoms with Gasteiger partial charge in [-0.2, -0.15) is 4.58 Å². The van der Waals surface area contributed by atoms with Crippen molar-refractivity contribution < 1.29 is 9.68 Å². The summed E-state index contributed by atoms with van der Waals surface area (Å²) in [6.45, 7) is 16.4. The molecular formula is C17H28NO+. The minimum atomic E-state index is -0.264. The van der Waals surface area contributed by atoms with Crippen molar-refractivity contribution in [2.24, 2.45) is 5.41 Å². The van der Waals surface area contributed by atoms with Gasteiger partial charge in [0.2, 0.25) is 5.70 Å². The SMILES string of the molecule is C=C/C=C/C(=C(/O)C(C)(C)C)[N+]1=C(C)CCC1(C)C. The molecule has 0 saturated carbocycles. The van der Waals surface area contributed by atoms with Gasteiger partial charge in [-0.25, -0.2) is 0 Å². The molecule has 1 N–H and O–H groups in total. The molecule has 1 aliphatic heterocycles. The summed E-state index contributed by atoms with van der Waals surface area (Å²) in [6, 6.07) is 0. The maximum absolute atomic E-state index is 10.6. The first-order chi connectivity index (χ1) is 8.61. The second kappa shape index (κ2) is 5.36. The van der Waals surface area contributed by atoms with Crippen LogP contribution in [0.25, 0.3) is 0 Å². The third kappa shape index (κ3) is 3.37. The molecule has 0 saturated heterocycles. The molecular weight excluding hydrogens is 234 g/mol. The van der Waals surface area contributed by atoms with Crippen LogP contribution in [0, 0.1) is 5.41 Å². The molecule has 106 valence electrons. The largest absolute Gasteiger partial charge is 0.506 e. The number of aliphatic hydroxyl groups is 1. The van der Waals surface area contributed by atoms with Crippen LogP contribution in [0.1, 0.15) is 54.4 Å². The Morgan fingerprint density at radius 3 is 2.32 bits per heavy atom. The van der Waals surface area contributed by atoms with E-state index in [9.17, 15) is 5.11 Å². The van der Waals surface area contributed by atoms with Gasteiger partial charge in [0, 0.05) is 45.1 Å². The lowest BCUT2D eigenvalue weighted by molar-refractivity contribution is -0.546. The molecule has 0 unspecified atom stereocenters. The van der Waals surface area contributed by atoms with Gasteiger partial charge in [-0.3, -0.25) is 0 Å². The molecule has 0 spiro atoms. The van der Waals surface area contributed by atoms with Gasteiger partial charge in [0.1, 0.15) is 0 Å². The van der Waals surface area contributed by atoms with E-state index in [1.807, 2.05) is 32.9 Å². The maximum atomic E-state index is 10.6. The molecule has 0 atom stereocenters. The maximum Gasteiger partial charge on any atom is 0.243 e. The first-order valence-electron chi connectivity index (χ1n) is 6.97. The summed E-state index contributed by atoms with van der Waals surface area (Å²) in [5.74, 6) is 0.430. The quantitative estimate of drug-likeness (QED) is 0.449. The van der Waals surface area contributed by atoms with Gasteiger partial charge < -0.3 is 5.11 Å². The van der Waals surface area contributed by atoms with E-state index in [4.69, 9.17) is 0 Å². The monoisotopic (exact) mass is 262 g/mol. The zero-order chi connectivity index (χ0) is 14.8. The van der Waals surface area contributed by atoms with Gasteiger partial charge in [0.15, 0.2) is 17.0 Å². The first-order valence-corrected chi connectivity index (χ1v) is 6.97. The van der Waals surface area contributed by atoms with Crippen LogP contribution in [0.2, 0.25) is 0 Å². The van der Waals surface area contributed by atoms with E-state index in [2.05, 4.69) is 31.9 Å². The van der Waals surface area contributed by atoms with Crippen LogP contribution < -0.4 is 0 Å². The third-order valence-electron chi connectivity index (χ3n) is 3.67. The Kier molecular flexibility index (Phi) is 4.44.